The van der Waals surface area contributed by atoms with Gasteiger partial charge in [0.15, 0.2) is 0 Å². The van der Waals surface area contributed by atoms with Gasteiger partial charge >= 0.3 is 0 Å². The standard InChI is InChI=1S/C19H17BrN2O/c20-13-6-8-14(9-7-13)21-19(23)12-5-10-18-16(11-12)15-3-1-2-4-17(15)22-18/h1-4,6-9,12,22H,5,10-11H2,(H,21,23). The van der Waals surface area contributed by atoms with Gasteiger partial charge in [-0.25, -0.2) is 0 Å². The summed E-state index contributed by atoms with van der Waals surface area (Å²) in [7, 11) is 0. The molecule has 0 aliphatic heterocycles. The molecule has 1 amide bonds. The maximum Gasteiger partial charge on any atom is 0.227 e. The molecule has 0 bridgehead atoms. The van der Waals surface area contributed by atoms with Gasteiger partial charge in [-0.3, -0.25) is 4.79 Å². The van der Waals surface area contributed by atoms with Crippen molar-refractivity contribution in [2.24, 2.45) is 5.92 Å². The second-order valence-electron chi connectivity index (χ2n) is 6.06. The Morgan fingerprint density at radius 1 is 1.13 bits per heavy atom. The van der Waals surface area contributed by atoms with Crippen LogP contribution in [0.3, 0.4) is 0 Å². The summed E-state index contributed by atoms with van der Waals surface area (Å²) in [6, 6.07) is 16.1. The number of nitrogens with one attached hydrogen (secondary N) is 2. The number of fused-ring (bicyclic) bond motifs is 3. The number of aryl methyl sites for hydroxylation is 1. The fourth-order valence-electron chi connectivity index (χ4n) is 3.37. The lowest BCUT2D eigenvalue weighted by Gasteiger charge is -2.22. The Kier molecular flexibility index (Phi) is 3.69. The van der Waals surface area contributed by atoms with Gasteiger partial charge < -0.3 is 10.3 Å². The number of hydrogen-bond donors (Lipinski definition) is 2. The molecule has 23 heavy (non-hydrogen) atoms. The molecule has 4 rings (SSSR count). The Balaban J connectivity index is 1.55. The summed E-state index contributed by atoms with van der Waals surface area (Å²) in [4.78, 5) is 16.1. The number of rotatable bonds is 2. The molecule has 2 N–H and O–H groups in total. The van der Waals surface area contributed by atoms with Gasteiger partial charge in [0.25, 0.3) is 0 Å². The number of amides is 1. The van der Waals surface area contributed by atoms with E-state index in [4.69, 9.17) is 0 Å². The quantitative estimate of drug-likeness (QED) is 0.677. The molecule has 1 aromatic heterocycles. The number of halogens is 1. The molecule has 0 saturated carbocycles. The molecule has 4 heteroatoms. The smallest absolute Gasteiger partial charge is 0.227 e. The highest BCUT2D eigenvalue weighted by Crippen LogP contribution is 2.32. The van der Waals surface area contributed by atoms with Gasteiger partial charge in [-0.15, -0.1) is 0 Å². The number of carbonyl (C=O) groups excluding carboxylic acids is 1. The number of aromatic amines is 1. The summed E-state index contributed by atoms with van der Waals surface area (Å²) in [6.45, 7) is 0. The van der Waals surface area contributed by atoms with Crippen molar-refractivity contribution in [1.82, 2.24) is 4.98 Å². The van der Waals surface area contributed by atoms with E-state index in [1.54, 1.807) is 0 Å². The molecule has 2 aromatic carbocycles. The molecule has 0 saturated heterocycles. The number of anilines is 1. The zero-order chi connectivity index (χ0) is 15.8. The zero-order valence-corrected chi connectivity index (χ0v) is 14.2. The maximum absolute atomic E-state index is 12.6. The fourth-order valence-corrected chi connectivity index (χ4v) is 3.64. The van der Waals surface area contributed by atoms with Crippen molar-refractivity contribution in [3.05, 3.63) is 64.3 Å². The molecule has 116 valence electrons. The van der Waals surface area contributed by atoms with Crippen LogP contribution in [0.2, 0.25) is 0 Å². The van der Waals surface area contributed by atoms with E-state index in [1.807, 2.05) is 30.3 Å². The predicted octanol–water partition coefficient (Wildman–Crippen LogP) is 4.67. The predicted molar refractivity (Wildman–Crippen MR) is 96.6 cm³/mol. The average Bonchev–Trinajstić information content (AvgIpc) is 2.94. The second kappa shape index (κ2) is 5.85. The molecule has 0 fully saturated rings. The summed E-state index contributed by atoms with van der Waals surface area (Å²) in [5.41, 5.74) is 4.62. The molecule has 1 aliphatic carbocycles. The topological polar surface area (TPSA) is 44.9 Å². The van der Waals surface area contributed by atoms with Gasteiger partial charge in [-0.2, -0.15) is 0 Å². The van der Waals surface area contributed by atoms with Crippen molar-refractivity contribution in [2.45, 2.75) is 19.3 Å². The van der Waals surface area contributed by atoms with Crippen molar-refractivity contribution < 1.29 is 4.79 Å². The van der Waals surface area contributed by atoms with Crippen molar-refractivity contribution in [1.29, 1.82) is 0 Å². The summed E-state index contributed by atoms with van der Waals surface area (Å²) < 4.78 is 1.01. The van der Waals surface area contributed by atoms with Crippen molar-refractivity contribution in [3.8, 4) is 0 Å². The lowest BCUT2D eigenvalue weighted by atomic mass is 9.86. The minimum atomic E-state index is 0.0327. The van der Waals surface area contributed by atoms with Crippen LogP contribution >= 0.6 is 15.9 Å². The largest absolute Gasteiger partial charge is 0.358 e. The Morgan fingerprint density at radius 2 is 1.91 bits per heavy atom. The summed E-state index contributed by atoms with van der Waals surface area (Å²) in [6.07, 6.45) is 2.63. The maximum atomic E-state index is 12.6. The Hall–Kier alpha value is -2.07. The molecular formula is C19H17BrN2O. The van der Waals surface area contributed by atoms with Gasteiger partial charge in [0, 0.05) is 32.7 Å². The number of hydrogen-bond acceptors (Lipinski definition) is 1. The van der Waals surface area contributed by atoms with Crippen molar-refractivity contribution in [3.63, 3.8) is 0 Å². The molecule has 0 radical (unpaired) electrons. The first-order valence-corrected chi connectivity index (χ1v) is 8.65. The highest BCUT2D eigenvalue weighted by Gasteiger charge is 2.27. The first-order valence-electron chi connectivity index (χ1n) is 7.85. The van der Waals surface area contributed by atoms with Crippen LogP contribution in [0.5, 0.6) is 0 Å². The molecule has 3 aromatic rings. The number of para-hydroxylation sites is 1. The van der Waals surface area contributed by atoms with E-state index < -0.39 is 0 Å². The molecule has 1 unspecified atom stereocenters. The van der Waals surface area contributed by atoms with Gasteiger partial charge in [0.1, 0.15) is 0 Å². The number of H-pyrrole nitrogens is 1. The summed E-state index contributed by atoms with van der Waals surface area (Å²) in [5.74, 6) is 0.147. The van der Waals surface area contributed by atoms with E-state index in [1.165, 1.54) is 22.2 Å². The molecule has 1 atom stereocenters. The monoisotopic (exact) mass is 368 g/mol. The second-order valence-corrected chi connectivity index (χ2v) is 6.98. The fraction of sp³-hybridized carbons (Fsp3) is 0.211. The van der Waals surface area contributed by atoms with Crippen LogP contribution in [-0.2, 0) is 17.6 Å². The van der Waals surface area contributed by atoms with Crippen molar-refractivity contribution >= 4 is 38.4 Å². The molecule has 0 spiro atoms. The third-order valence-electron chi connectivity index (χ3n) is 4.58. The van der Waals surface area contributed by atoms with Crippen molar-refractivity contribution in [2.75, 3.05) is 5.32 Å². The van der Waals surface area contributed by atoms with Crippen LogP contribution in [0.4, 0.5) is 5.69 Å². The minimum Gasteiger partial charge on any atom is -0.358 e. The van der Waals surface area contributed by atoms with Gasteiger partial charge in [-0.1, -0.05) is 34.1 Å². The first-order chi connectivity index (χ1) is 11.2. The zero-order valence-electron chi connectivity index (χ0n) is 12.6. The third kappa shape index (κ3) is 2.79. The van der Waals surface area contributed by atoms with E-state index >= 15 is 0 Å². The molecule has 1 aliphatic rings. The third-order valence-corrected chi connectivity index (χ3v) is 5.11. The van der Waals surface area contributed by atoms with Crippen LogP contribution in [-0.4, -0.2) is 10.9 Å². The average molecular weight is 369 g/mol. The lowest BCUT2D eigenvalue weighted by Crippen LogP contribution is -2.28. The Morgan fingerprint density at radius 3 is 2.74 bits per heavy atom. The number of carbonyl (C=O) groups is 1. The SMILES string of the molecule is O=C(Nc1ccc(Br)cc1)C1CCc2[nH]c3ccccc3c2C1. The Bertz CT molecular complexity index is 867. The Labute approximate surface area is 143 Å². The van der Waals surface area contributed by atoms with Crippen LogP contribution < -0.4 is 5.32 Å². The van der Waals surface area contributed by atoms with E-state index in [9.17, 15) is 4.79 Å². The van der Waals surface area contributed by atoms with E-state index in [0.717, 1.165) is 29.4 Å². The highest BCUT2D eigenvalue weighted by molar-refractivity contribution is 9.10. The van der Waals surface area contributed by atoms with E-state index in [2.05, 4.69) is 44.4 Å². The lowest BCUT2D eigenvalue weighted by molar-refractivity contribution is -0.120. The van der Waals surface area contributed by atoms with Gasteiger partial charge in [-0.05, 0) is 55.2 Å². The van der Waals surface area contributed by atoms with E-state index in [-0.39, 0.29) is 11.8 Å². The normalized spacial score (nSPS) is 17.0. The van der Waals surface area contributed by atoms with Crippen LogP contribution in [0.15, 0.2) is 53.0 Å². The number of aromatic nitrogens is 1. The van der Waals surface area contributed by atoms with Gasteiger partial charge in [0.2, 0.25) is 5.91 Å². The minimum absolute atomic E-state index is 0.0327. The molecular weight excluding hydrogens is 352 g/mol. The van der Waals surface area contributed by atoms with E-state index in [0.29, 0.717) is 0 Å². The summed E-state index contributed by atoms with van der Waals surface area (Å²) >= 11 is 3.41. The molecule has 3 nitrogen and oxygen atoms in total. The van der Waals surface area contributed by atoms with Crippen LogP contribution in [0.25, 0.3) is 10.9 Å². The summed E-state index contributed by atoms with van der Waals surface area (Å²) in [5, 5.41) is 4.29. The highest BCUT2D eigenvalue weighted by atomic mass is 79.9. The van der Waals surface area contributed by atoms with Crippen LogP contribution in [0, 0.1) is 5.92 Å². The molecule has 1 heterocycles. The number of benzene rings is 2. The van der Waals surface area contributed by atoms with Gasteiger partial charge in [0.05, 0.1) is 0 Å². The first kappa shape index (κ1) is 14.5. The van der Waals surface area contributed by atoms with Crippen LogP contribution in [0.1, 0.15) is 17.7 Å².